The van der Waals surface area contributed by atoms with Crippen LogP contribution in [0.5, 0.6) is 5.75 Å². The molecule has 164 valence electrons. The van der Waals surface area contributed by atoms with E-state index in [0.717, 1.165) is 35.3 Å². The molecule has 0 unspecified atom stereocenters. The zero-order valence-corrected chi connectivity index (χ0v) is 18.9. The Bertz CT molecular complexity index is 1160. The van der Waals surface area contributed by atoms with Gasteiger partial charge in [0.1, 0.15) is 5.75 Å². The average Bonchev–Trinajstić information content (AvgIpc) is 3.27. The average molecular weight is 442 g/mol. The summed E-state index contributed by atoms with van der Waals surface area (Å²) in [6.07, 6.45) is 1.55. The molecule has 1 fully saturated rings. The summed E-state index contributed by atoms with van der Waals surface area (Å²) in [5, 5.41) is 4.11. The number of aryl methyl sites for hydroxylation is 2. The lowest BCUT2D eigenvalue weighted by Crippen LogP contribution is -2.39. The number of hydrogen-bond donors (Lipinski definition) is 0. The topological polar surface area (TPSA) is 85.5 Å². The number of ether oxygens (including phenoxy) is 1. The number of aromatic nitrogens is 2. The molecule has 3 aromatic rings. The van der Waals surface area contributed by atoms with Crippen LogP contribution in [0.25, 0.3) is 11.4 Å². The Labute approximate surface area is 183 Å². The quantitative estimate of drug-likeness (QED) is 0.566. The van der Waals surface area contributed by atoms with Crippen LogP contribution in [0.3, 0.4) is 0 Å². The molecule has 2 heterocycles. The molecule has 1 saturated heterocycles. The number of hydrogen-bond acceptors (Lipinski definition) is 6. The Hall–Kier alpha value is -2.71. The fraction of sp³-hybridized carbons (Fsp3) is 0.391. The molecular formula is C23H27N3O4S. The monoisotopic (exact) mass is 441 g/mol. The molecular weight excluding hydrogens is 414 g/mol. The van der Waals surface area contributed by atoms with E-state index in [2.05, 4.69) is 10.1 Å². The summed E-state index contributed by atoms with van der Waals surface area (Å²) >= 11 is 0. The van der Waals surface area contributed by atoms with Crippen molar-refractivity contribution in [1.82, 2.24) is 14.4 Å². The molecule has 1 atom stereocenters. The minimum absolute atomic E-state index is 0.126. The third kappa shape index (κ3) is 4.50. The zero-order valence-electron chi connectivity index (χ0n) is 18.0. The highest BCUT2D eigenvalue weighted by molar-refractivity contribution is 7.89. The van der Waals surface area contributed by atoms with Gasteiger partial charge in [0.25, 0.3) is 0 Å². The number of sulfonamides is 1. The van der Waals surface area contributed by atoms with Crippen molar-refractivity contribution in [1.29, 1.82) is 0 Å². The first kappa shape index (κ1) is 21.5. The molecule has 4 rings (SSSR count). The molecule has 1 aliphatic heterocycles. The van der Waals surface area contributed by atoms with E-state index in [-0.39, 0.29) is 5.92 Å². The summed E-state index contributed by atoms with van der Waals surface area (Å²) in [5.41, 5.74) is 2.86. The van der Waals surface area contributed by atoms with E-state index in [1.165, 1.54) is 4.31 Å². The second-order valence-corrected chi connectivity index (χ2v) is 9.80. The molecule has 1 aliphatic rings. The number of rotatable bonds is 6. The van der Waals surface area contributed by atoms with Gasteiger partial charge in [-0.1, -0.05) is 11.2 Å². The summed E-state index contributed by atoms with van der Waals surface area (Å²) in [6, 6.07) is 12.8. The normalized spacial score (nSPS) is 17.6. The lowest BCUT2D eigenvalue weighted by Gasteiger charge is -2.30. The lowest BCUT2D eigenvalue weighted by atomic mass is 10.00. The summed E-state index contributed by atoms with van der Waals surface area (Å²) in [7, 11) is -3.57. The van der Waals surface area contributed by atoms with Gasteiger partial charge in [0.2, 0.25) is 21.7 Å². The Morgan fingerprint density at radius 3 is 2.61 bits per heavy atom. The molecule has 0 aliphatic carbocycles. The first-order valence-electron chi connectivity index (χ1n) is 10.5. The van der Waals surface area contributed by atoms with Gasteiger partial charge in [0, 0.05) is 18.7 Å². The Kier molecular flexibility index (Phi) is 6.11. The van der Waals surface area contributed by atoms with Crippen LogP contribution in [0.15, 0.2) is 51.9 Å². The zero-order chi connectivity index (χ0) is 22.0. The van der Waals surface area contributed by atoms with Crippen molar-refractivity contribution >= 4 is 10.0 Å². The molecule has 0 radical (unpaired) electrons. The van der Waals surface area contributed by atoms with Gasteiger partial charge in [-0.05, 0) is 81.1 Å². The fourth-order valence-corrected chi connectivity index (χ4v) is 5.38. The molecule has 2 aromatic carbocycles. The van der Waals surface area contributed by atoms with Crippen molar-refractivity contribution < 1.29 is 17.7 Å². The molecule has 1 aromatic heterocycles. The molecule has 0 amide bonds. The summed E-state index contributed by atoms with van der Waals surface area (Å²) in [4.78, 5) is 4.89. The van der Waals surface area contributed by atoms with Crippen LogP contribution in [0.4, 0.5) is 0 Å². The molecule has 7 nitrogen and oxygen atoms in total. The molecule has 0 N–H and O–H groups in total. The van der Waals surface area contributed by atoms with Crippen LogP contribution in [-0.2, 0) is 10.0 Å². The van der Waals surface area contributed by atoms with Crippen LogP contribution in [0.1, 0.15) is 42.7 Å². The Morgan fingerprint density at radius 2 is 1.90 bits per heavy atom. The summed E-state index contributed by atoms with van der Waals surface area (Å²) in [5.74, 6) is 1.63. The Balaban J connectivity index is 1.52. The SMILES string of the molecule is CCOc1ccc(-c2noc([C@@H]3CCCN(S(=O)(=O)c4ccc(C)c(C)c4)C3)n2)cc1. The van der Waals surface area contributed by atoms with Gasteiger partial charge in [0.05, 0.1) is 17.4 Å². The van der Waals surface area contributed by atoms with Crippen LogP contribution >= 0.6 is 0 Å². The molecule has 31 heavy (non-hydrogen) atoms. The van der Waals surface area contributed by atoms with E-state index < -0.39 is 10.0 Å². The number of nitrogens with zero attached hydrogens (tertiary/aromatic N) is 3. The largest absolute Gasteiger partial charge is 0.494 e. The molecule has 8 heteroatoms. The van der Waals surface area contributed by atoms with Crippen LogP contribution in [-0.4, -0.2) is 42.6 Å². The Morgan fingerprint density at radius 1 is 1.13 bits per heavy atom. The van der Waals surface area contributed by atoms with Crippen LogP contribution in [0, 0.1) is 13.8 Å². The van der Waals surface area contributed by atoms with Gasteiger partial charge in [-0.2, -0.15) is 9.29 Å². The number of piperidine rings is 1. The standard InChI is InChI=1S/C23H27N3O4S/c1-4-29-20-10-8-18(9-11-20)22-24-23(30-25-22)19-6-5-13-26(15-19)31(27,28)21-12-7-16(2)17(3)14-21/h7-12,14,19H,4-6,13,15H2,1-3H3/t19-/m1/s1. The smallest absolute Gasteiger partial charge is 0.243 e. The van der Waals surface area contributed by atoms with Crippen LogP contribution < -0.4 is 4.74 Å². The fourth-order valence-electron chi connectivity index (χ4n) is 3.77. The third-order valence-corrected chi connectivity index (χ3v) is 7.58. The molecule has 0 bridgehead atoms. The second-order valence-electron chi connectivity index (χ2n) is 7.86. The maximum absolute atomic E-state index is 13.2. The van der Waals surface area contributed by atoms with E-state index in [1.54, 1.807) is 12.1 Å². The molecule has 0 saturated carbocycles. The van der Waals surface area contributed by atoms with Gasteiger partial charge in [-0.15, -0.1) is 0 Å². The van der Waals surface area contributed by atoms with E-state index in [4.69, 9.17) is 9.26 Å². The highest BCUT2D eigenvalue weighted by Gasteiger charge is 2.33. The van der Waals surface area contributed by atoms with Crippen molar-refractivity contribution in [2.24, 2.45) is 0 Å². The van der Waals surface area contributed by atoms with Gasteiger partial charge in [-0.3, -0.25) is 0 Å². The minimum atomic E-state index is -3.57. The lowest BCUT2D eigenvalue weighted by molar-refractivity contribution is 0.265. The van der Waals surface area contributed by atoms with Crippen molar-refractivity contribution in [3.63, 3.8) is 0 Å². The highest BCUT2D eigenvalue weighted by Crippen LogP contribution is 2.31. The van der Waals surface area contributed by atoms with Crippen molar-refractivity contribution in [2.75, 3.05) is 19.7 Å². The van der Waals surface area contributed by atoms with Gasteiger partial charge in [0.15, 0.2) is 0 Å². The van der Waals surface area contributed by atoms with Gasteiger partial charge >= 0.3 is 0 Å². The van der Waals surface area contributed by atoms with Gasteiger partial charge < -0.3 is 9.26 Å². The third-order valence-electron chi connectivity index (χ3n) is 5.71. The van der Waals surface area contributed by atoms with Crippen molar-refractivity contribution in [3.05, 3.63) is 59.5 Å². The maximum Gasteiger partial charge on any atom is 0.243 e. The molecule has 0 spiro atoms. The first-order chi connectivity index (χ1) is 14.9. The first-order valence-corrected chi connectivity index (χ1v) is 12.0. The van der Waals surface area contributed by atoms with E-state index >= 15 is 0 Å². The van der Waals surface area contributed by atoms with E-state index in [1.807, 2.05) is 51.1 Å². The maximum atomic E-state index is 13.2. The predicted octanol–water partition coefficient (Wildman–Crippen LogP) is 4.32. The second kappa shape index (κ2) is 8.80. The van der Waals surface area contributed by atoms with Crippen molar-refractivity contribution in [2.45, 2.75) is 44.4 Å². The van der Waals surface area contributed by atoms with Crippen LogP contribution in [0.2, 0.25) is 0 Å². The van der Waals surface area contributed by atoms with E-state index in [0.29, 0.717) is 36.3 Å². The number of benzene rings is 2. The summed E-state index contributed by atoms with van der Waals surface area (Å²) in [6.45, 7) is 7.27. The van der Waals surface area contributed by atoms with Gasteiger partial charge in [-0.25, -0.2) is 8.42 Å². The highest BCUT2D eigenvalue weighted by atomic mass is 32.2. The summed E-state index contributed by atoms with van der Waals surface area (Å²) < 4.78 is 38.9. The predicted molar refractivity (Wildman–Crippen MR) is 118 cm³/mol. The van der Waals surface area contributed by atoms with E-state index in [9.17, 15) is 8.42 Å². The minimum Gasteiger partial charge on any atom is -0.494 e. The van der Waals surface area contributed by atoms with Crippen molar-refractivity contribution in [3.8, 4) is 17.1 Å².